The van der Waals surface area contributed by atoms with Gasteiger partial charge in [-0.05, 0) is 11.5 Å². The van der Waals surface area contributed by atoms with Crippen molar-refractivity contribution in [3.63, 3.8) is 0 Å². The van der Waals surface area contributed by atoms with Crippen LogP contribution in [0.2, 0.25) is 0 Å². The van der Waals surface area contributed by atoms with E-state index in [4.69, 9.17) is 4.74 Å². The highest BCUT2D eigenvalue weighted by atomic mass is 16.5. The number of hydrogen-bond acceptors (Lipinski definition) is 4. The lowest BCUT2D eigenvalue weighted by atomic mass is 10.1. The standard InChI is InChI=1S/C14H16N2O2/c17-10-12-9-11-3-1-2-4-13(11)14(15-12)16-5-7-18-8-6-16/h1-4,9,17H,5-8,10H2. The van der Waals surface area contributed by atoms with Crippen LogP contribution < -0.4 is 4.90 Å². The molecule has 4 nitrogen and oxygen atoms in total. The summed E-state index contributed by atoms with van der Waals surface area (Å²) in [5.41, 5.74) is 0.718. The van der Waals surface area contributed by atoms with Crippen molar-refractivity contribution in [3.8, 4) is 0 Å². The third-order valence-corrected chi connectivity index (χ3v) is 3.25. The molecule has 1 N–H and O–H groups in total. The Balaban J connectivity index is 2.12. The van der Waals surface area contributed by atoms with Crippen molar-refractivity contribution in [2.24, 2.45) is 0 Å². The Bertz CT molecular complexity index is 550. The summed E-state index contributed by atoms with van der Waals surface area (Å²) in [5, 5.41) is 11.6. The molecule has 0 saturated carbocycles. The molecule has 0 aliphatic carbocycles. The zero-order valence-electron chi connectivity index (χ0n) is 10.2. The number of anilines is 1. The van der Waals surface area contributed by atoms with Crippen molar-refractivity contribution in [2.75, 3.05) is 31.2 Å². The van der Waals surface area contributed by atoms with E-state index in [-0.39, 0.29) is 6.61 Å². The number of morpholine rings is 1. The fraction of sp³-hybridized carbons (Fsp3) is 0.357. The van der Waals surface area contributed by atoms with Gasteiger partial charge in [0.15, 0.2) is 0 Å². The molecule has 3 rings (SSSR count). The van der Waals surface area contributed by atoms with E-state index in [2.05, 4.69) is 22.0 Å². The lowest BCUT2D eigenvalue weighted by molar-refractivity contribution is 0.122. The van der Waals surface area contributed by atoms with Crippen LogP contribution in [-0.2, 0) is 11.3 Å². The lowest BCUT2D eigenvalue weighted by Gasteiger charge is -2.29. The largest absolute Gasteiger partial charge is 0.390 e. The summed E-state index contributed by atoms with van der Waals surface area (Å²) in [6, 6.07) is 10.1. The summed E-state index contributed by atoms with van der Waals surface area (Å²) in [7, 11) is 0. The van der Waals surface area contributed by atoms with Crippen LogP contribution in [-0.4, -0.2) is 36.4 Å². The Hall–Kier alpha value is -1.65. The third kappa shape index (κ3) is 2.05. The molecular weight excluding hydrogens is 228 g/mol. The summed E-state index contributed by atoms with van der Waals surface area (Å²) in [6.07, 6.45) is 0. The van der Waals surface area contributed by atoms with Crippen LogP contribution in [0.15, 0.2) is 30.3 Å². The van der Waals surface area contributed by atoms with E-state index in [0.29, 0.717) is 0 Å². The van der Waals surface area contributed by atoms with Crippen molar-refractivity contribution < 1.29 is 9.84 Å². The minimum absolute atomic E-state index is 0.0256. The summed E-state index contributed by atoms with van der Waals surface area (Å²) in [5.74, 6) is 0.959. The van der Waals surface area contributed by atoms with E-state index in [0.717, 1.165) is 48.6 Å². The second kappa shape index (κ2) is 4.92. The predicted molar refractivity (Wildman–Crippen MR) is 70.7 cm³/mol. The Kier molecular flexibility index (Phi) is 3.13. The van der Waals surface area contributed by atoms with Gasteiger partial charge in [0.25, 0.3) is 0 Å². The van der Waals surface area contributed by atoms with Gasteiger partial charge in [0, 0.05) is 18.5 Å². The molecule has 0 amide bonds. The van der Waals surface area contributed by atoms with Crippen molar-refractivity contribution >= 4 is 16.6 Å². The first-order valence-electron chi connectivity index (χ1n) is 6.21. The average Bonchev–Trinajstić information content (AvgIpc) is 2.47. The van der Waals surface area contributed by atoms with Gasteiger partial charge < -0.3 is 14.7 Å². The first-order valence-corrected chi connectivity index (χ1v) is 6.21. The topological polar surface area (TPSA) is 45.6 Å². The molecule has 2 heterocycles. The number of nitrogens with zero attached hydrogens (tertiary/aromatic N) is 2. The van der Waals surface area contributed by atoms with E-state index >= 15 is 0 Å². The third-order valence-electron chi connectivity index (χ3n) is 3.25. The molecule has 0 radical (unpaired) electrons. The summed E-state index contributed by atoms with van der Waals surface area (Å²) >= 11 is 0. The molecule has 0 spiro atoms. The molecule has 1 saturated heterocycles. The number of rotatable bonds is 2. The van der Waals surface area contributed by atoms with Crippen molar-refractivity contribution in [3.05, 3.63) is 36.0 Å². The van der Waals surface area contributed by atoms with Crippen LogP contribution >= 0.6 is 0 Å². The molecule has 18 heavy (non-hydrogen) atoms. The van der Waals surface area contributed by atoms with Gasteiger partial charge in [-0.15, -0.1) is 0 Å². The van der Waals surface area contributed by atoms with Gasteiger partial charge in [0.2, 0.25) is 0 Å². The minimum atomic E-state index is -0.0256. The van der Waals surface area contributed by atoms with Gasteiger partial charge in [0.1, 0.15) is 5.82 Å². The molecule has 1 aliphatic rings. The van der Waals surface area contributed by atoms with Crippen LogP contribution in [0.25, 0.3) is 10.8 Å². The van der Waals surface area contributed by atoms with Gasteiger partial charge in [-0.3, -0.25) is 0 Å². The average molecular weight is 244 g/mol. The van der Waals surface area contributed by atoms with Gasteiger partial charge in [-0.2, -0.15) is 0 Å². The van der Waals surface area contributed by atoms with Crippen molar-refractivity contribution in [1.82, 2.24) is 4.98 Å². The summed E-state index contributed by atoms with van der Waals surface area (Å²) < 4.78 is 5.37. The number of aliphatic hydroxyl groups is 1. The molecular formula is C14H16N2O2. The van der Waals surface area contributed by atoms with Gasteiger partial charge in [0.05, 0.1) is 25.5 Å². The van der Waals surface area contributed by atoms with Crippen LogP contribution in [0.5, 0.6) is 0 Å². The van der Waals surface area contributed by atoms with E-state index in [1.165, 1.54) is 0 Å². The van der Waals surface area contributed by atoms with E-state index < -0.39 is 0 Å². The zero-order valence-corrected chi connectivity index (χ0v) is 10.2. The molecule has 2 aromatic rings. The maximum atomic E-state index is 9.31. The SMILES string of the molecule is OCc1cc2ccccc2c(N2CCOCC2)n1. The summed E-state index contributed by atoms with van der Waals surface area (Å²) in [4.78, 5) is 6.79. The molecule has 1 aromatic heterocycles. The van der Waals surface area contributed by atoms with Crippen molar-refractivity contribution in [1.29, 1.82) is 0 Å². The minimum Gasteiger partial charge on any atom is -0.390 e. The Morgan fingerprint density at radius 2 is 2.00 bits per heavy atom. The number of aliphatic hydroxyl groups excluding tert-OH is 1. The number of aromatic nitrogens is 1. The molecule has 0 bridgehead atoms. The Morgan fingerprint density at radius 3 is 2.78 bits per heavy atom. The van der Waals surface area contributed by atoms with E-state index in [1.54, 1.807) is 0 Å². The quantitative estimate of drug-likeness (QED) is 0.871. The number of fused-ring (bicyclic) bond motifs is 1. The first-order chi connectivity index (χ1) is 8.88. The molecule has 0 unspecified atom stereocenters. The van der Waals surface area contributed by atoms with E-state index in [9.17, 15) is 5.11 Å². The highest BCUT2D eigenvalue weighted by molar-refractivity contribution is 5.92. The van der Waals surface area contributed by atoms with Gasteiger partial charge in [-0.1, -0.05) is 24.3 Å². The zero-order chi connectivity index (χ0) is 12.4. The molecule has 1 fully saturated rings. The number of ether oxygens (including phenoxy) is 1. The predicted octanol–water partition coefficient (Wildman–Crippen LogP) is 1.56. The maximum Gasteiger partial charge on any atom is 0.137 e. The fourth-order valence-corrected chi connectivity index (χ4v) is 2.33. The fourth-order valence-electron chi connectivity index (χ4n) is 2.33. The summed E-state index contributed by atoms with van der Waals surface area (Å²) in [6.45, 7) is 3.15. The first kappa shape index (κ1) is 11.4. The van der Waals surface area contributed by atoms with Crippen LogP contribution in [0.3, 0.4) is 0 Å². The van der Waals surface area contributed by atoms with Gasteiger partial charge >= 0.3 is 0 Å². The van der Waals surface area contributed by atoms with E-state index in [1.807, 2.05) is 18.2 Å². The molecule has 1 aromatic carbocycles. The lowest BCUT2D eigenvalue weighted by Crippen LogP contribution is -2.37. The normalized spacial score (nSPS) is 16.2. The smallest absolute Gasteiger partial charge is 0.137 e. The Morgan fingerprint density at radius 1 is 1.22 bits per heavy atom. The molecule has 4 heteroatoms. The highest BCUT2D eigenvalue weighted by Crippen LogP contribution is 2.26. The second-order valence-corrected chi connectivity index (χ2v) is 4.42. The van der Waals surface area contributed by atoms with Crippen LogP contribution in [0, 0.1) is 0 Å². The number of hydrogen-bond donors (Lipinski definition) is 1. The number of pyridine rings is 1. The second-order valence-electron chi connectivity index (χ2n) is 4.42. The van der Waals surface area contributed by atoms with Gasteiger partial charge in [-0.25, -0.2) is 4.98 Å². The highest BCUT2D eigenvalue weighted by Gasteiger charge is 2.15. The maximum absolute atomic E-state index is 9.31. The molecule has 1 aliphatic heterocycles. The van der Waals surface area contributed by atoms with Crippen LogP contribution in [0.1, 0.15) is 5.69 Å². The molecule has 94 valence electrons. The Labute approximate surface area is 106 Å². The monoisotopic (exact) mass is 244 g/mol. The molecule has 0 atom stereocenters. The number of benzene rings is 1. The van der Waals surface area contributed by atoms with Crippen LogP contribution in [0.4, 0.5) is 5.82 Å². The van der Waals surface area contributed by atoms with Crippen molar-refractivity contribution in [2.45, 2.75) is 6.61 Å².